The Morgan fingerprint density at radius 2 is 1.69 bits per heavy atom. The Bertz CT molecular complexity index is 800. The van der Waals surface area contributed by atoms with Crippen molar-refractivity contribution < 1.29 is 8.42 Å². The molecule has 1 aliphatic heterocycles. The lowest BCUT2D eigenvalue weighted by molar-refractivity contribution is 0.241. The topological polar surface area (TPSA) is 49.4 Å². The van der Waals surface area contributed by atoms with Crippen molar-refractivity contribution in [1.82, 2.24) is 9.62 Å². The van der Waals surface area contributed by atoms with Crippen molar-refractivity contribution in [3.8, 4) is 0 Å². The molecule has 2 aromatic carbocycles. The van der Waals surface area contributed by atoms with E-state index in [9.17, 15) is 8.42 Å². The van der Waals surface area contributed by atoms with Crippen LogP contribution in [-0.2, 0) is 22.2 Å². The molecule has 4 nitrogen and oxygen atoms in total. The van der Waals surface area contributed by atoms with Crippen LogP contribution >= 0.6 is 0 Å². The number of likely N-dealkylation sites (tertiary alicyclic amines) is 1. The van der Waals surface area contributed by atoms with Crippen LogP contribution in [0.2, 0.25) is 0 Å². The van der Waals surface area contributed by atoms with Gasteiger partial charge in [0, 0.05) is 12.6 Å². The number of benzene rings is 2. The summed E-state index contributed by atoms with van der Waals surface area (Å²) in [5.41, 5.74) is 3.16. The third kappa shape index (κ3) is 5.66. The predicted octanol–water partition coefficient (Wildman–Crippen LogP) is 3.12. The predicted molar refractivity (Wildman–Crippen MR) is 107 cm³/mol. The zero-order valence-corrected chi connectivity index (χ0v) is 16.2. The molecule has 0 amide bonds. The Morgan fingerprint density at radius 1 is 1.00 bits per heavy atom. The standard InChI is InChI=1S/C21H28N2O2S/c1-18-8-7-11-20(14-18)17-26(24,25)22-16-21(23-12-5-6-13-23)15-19-9-3-2-4-10-19/h2-4,7-11,14,21-22H,5-6,12-13,15-17H2,1H3. The summed E-state index contributed by atoms with van der Waals surface area (Å²) >= 11 is 0. The molecule has 1 aliphatic rings. The molecule has 1 heterocycles. The molecule has 1 fully saturated rings. The van der Waals surface area contributed by atoms with E-state index in [1.165, 1.54) is 18.4 Å². The van der Waals surface area contributed by atoms with Gasteiger partial charge in [-0.1, -0.05) is 60.2 Å². The van der Waals surface area contributed by atoms with Crippen molar-refractivity contribution >= 4 is 10.0 Å². The summed E-state index contributed by atoms with van der Waals surface area (Å²) in [5, 5.41) is 0. The Labute approximate surface area is 157 Å². The van der Waals surface area contributed by atoms with Gasteiger partial charge in [0.15, 0.2) is 0 Å². The highest BCUT2D eigenvalue weighted by Gasteiger charge is 2.24. The minimum Gasteiger partial charge on any atom is -0.299 e. The quantitative estimate of drug-likeness (QED) is 0.775. The molecule has 0 bridgehead atoms. The van der Waals surface area contributed by atoms with Crippen LogP contribution in [0.4, 0.5) is 0 Å². The van der Waals surface area contributed by atoms with Crippen LogP contribution in [0.3, 0.4) is 0 Å². The normalized spacial score (nSPS) is 16.7. The van der Waals surface area contributed by atoms with Crippen LogP contribution < -0.4 is 4.72 Å². The van der Waals surface area contributed by atoms with Crippen LogP contribution in [0, 0.1) is 6.92 Å². The van der Waals surface area contributed by atoms with Gasteiger partial charge in [-0.15, -0.1) is 0 Å². The van der Waals surface area contributed by atoms with Crippen molar-refractivity contribution in [2.75, 3.05) is 19.6 Å². The molecule has 1 atom stereocenters. The van der Waals surface area contributed by atoms with Crippen LogP contribution in [0.25, 0.3) is 0 Å². The largest absolute Gasteiger partial charge is 0.299 e. The van der Waals surface area contributed by atoms with Gasteiger partial charge in [0.05, 0.1) is 5.75 Å². The van der Waals surface area contributed by atoms with Crippen LogP contribution in [0.5, 0.6) is 0 Å². The third-order valence-electron chi connectivity index (χ3n) is 4.95. The van der Waals surface area contributed by atoms with E-state index in [0.29, 0.717) is 6.54 Å². The van der Waals surface area contributed by atoms with Crippen LogP contribution in [-0.4, -0.2) is 39.0 Å². The Kier molecular flexibility index (Phi) is 6.46. The Morgan fingerprint density at radius 3 is 2.38 bits per heavy atom. The van der Waals surface area contributed by atoms with Gasteiger partial charge in [-0.25, -0.2) is 13.1 Å². The molecule has 1 saturated heterocycles. The van der Waals surface area contributed by atoms with E-state index in [1.54, 1.807) is 0 Å². The summed E-state index contributed by atoms with van der Waals surface area (Å²) in [4.78, 5) is 2.42. The summed E-state index contributed by atoms with van der Waals surface area (Å²) in [5.74, 6) is 0.0345. The van der Waals surface area contributed by atoms with E-state index >= 15 is 0 Å². The molecule has 0 radical (unpaired) electrons. The molecule has 2 aromatic rings. The van der Waals surface area contributed by atoms with Gasteiger partial charge in [-0.3, -0.25) is 4.90 Å². The number of hydrogen-bond donors (Lipinski definition) is 1. The van der Waals surface area contributed by atoms with Gasteiger partial charge < -0.3 is 0 Å². The van der Waals surface area contributed by atoms with Gasteiger partial charge in [0.2, 0.25) is 10.0 Å². The number of sulfonamides is 1. The Balaban J connectivity index is 1.64. The van der Waals surface area contributed by atoms with Crippen molar-refractivity contribution in [2.45, 2.75) is 38.0 Å². The maximum atomic E-state index is 12.6. The molecule has 0 aliphatic carbocycles. The minimum absolute atomic E-state index is 0.0345. The van der Waals surface area contributed by atoms with E-state index in [4.69, 9.17) is 0 Å². The maximum Gasteiger partial charge on any atom is 0.215 e. The average Bonchev–Trinajstić information content (AvgIpc) is 3.13. The monoisotopic (exact) mass is 372 g/mol. The fourth-order valence-electron chi connectivity index (χ4n) is 3.62. The number of hydrogen-bond acceptors (Lipinski definition) is 3. The fraction of sp³-hybridized carbons (Fsp3) is 0.429. The fourth-order valence-corrected chi connectivity index (χ4v) is 4.79. The molecule has 26 heavy (non-hydrogen) atoms. The summed E-state index contributed by atoms with van der Waals surface area (Å²) in [6, 6.07) is 18.2. The van der Waals surface area contributed by atoms with E-state index < -0.39 is 10.0 Å². The molecule has 1 unspecified atom stereocenters. The van der Waals surface area contributed by atoms with Gasteiger partial charge in [0.25, 0.3) is 0 Å². The average molecular weight is 373 g/mol. The highest BCUT2D eigenvalue weighted by molar-refractivity contribution is 7.88. The maximum absolute atomic E-state index is 12.6. The lowest BCUT2D eigenvalue weighted by Gasteiger charge is -2.28. The first-order valence-electron chi connectivity index (χ1n) is 9.33. The van der Waals surface area contributed by atoms with Gasteiger partial charge in [-0.2, -0.15) is 0 Å². The number of nitrogens with one attached hydrogen (secondary N) is 1. The van der Waals surface area contributed by atoms with Gasteiger partial charge in [0.1, 0.15) is 0 Å². The molecule has 3 rings (SSSR count). The molecular weight excluding hydrogens is 344 g/mol. The molecule has 5 heteroatoms. The van der Waals surface area contributed by atoms with Crippen LogP contribution in [0.15, 0.2) is 54.6 Å². The molecular formula is C21H28N2O2S. The summed E-state index contributed by atoms with van der Waals surface area (Å²) < 4.78 is 28.0. The zero-order valence-electron chi connectivity index (χ0n) is 15.4. The van der Waals surface area contributed by atoms with Gasteiger partial charge in [-0.05, 0) is 50.4 Å². The zero-order chi connectivity index (χ0) is 18.4. The molecule has 0 saturated carbocycles. The summed E-state index contributed by atoms with van der Waals surface area (Å²) in [6.45, 7) is 4.55. The second-order valence-corrected chi connectivity index (χ2v) is 8.99. The van der Waals surface area contributed by atoms with E-state index in [0.717, 1.165) is 30.6 Å². The van der Waals surface area contributed by atoms with Crippen molar-refractivity contribution in [3.63, 3.8) is 0 Å². The van der Waals surface area contributed by atoms with Crippen molar-refractivity contribution in [3.05, 3.63) is 71.3 Å². The first-order valence-corrected chi connectivity index (χ1v) is 11.0. The Hall–Kier alpha value is -1.69. The highest BCUT2D eigenvalue weighted by atomic mass is 32.2. The lowest BCUT2D eigenvalue weighted by Crippen LogP contribution is -2.44. The molecule has 0 aromatic heterocycles. The SMILES string of the molecule is Cc1cccc(CS(=O)(=O)NCC(Cc2ccccc2)N2CCCC2)c1. The third-order valence-corrected chi connectivity index (χ3v) is 6.27. The highest BCUT2D eigenvalue weighted by Crippen LogP contribution is 2.16. The van der Waals surface area contributed by atoms with E-state index in [1.807, 2.05) is 49.4 Å². The molecule has 0 spiro atoms. The minimum atomic E-state index is -3.34. The van der Waals surface area contributed by atoms with Crippen LogP contribution in [0.1, 0.15) is 29.5 Å². The number of rotatable bonds is 8. The number of aryl methyl sites for hydroxylation is 1. The lowest BCUT2D eigenvalue weighted by atomic mass is 10.1. The molecule has 140 valence electrons. The van der Waals surface area contributed by atoms with E-state index in [-0.39, 0.29) is 11.8 Å². The smallest absolute Gasteiger partial charge is 0.215 e. The summed E-state index contributed by atoms with van der Waals surface area (Å²) in [7, 11) is -3.34. The number of nitrogens with zero attached hydrogens (tertiary/aromatic N) is 1. The second kappa shape index (κ2) is 8.80. The van der Waals surface area contributed by atoms with Crippen molar-refractivity contribution in [2.24, 2.45) is 0 Å². The first-order chi connectivity index (χ1) is 12.5. The van der Waals surface area contributed by atoms with E-state index in [2.05, 4.69) is 21.8 Å². The van der Waals surface area contributed by atoms with Crippen molar-refractivity contribution in [1.29, 1.82) is 0 Å². The molecule has 1 N–H and O–H groups in total. The summed E-state index contributed by atoms with van der Waals surface area (Å²) in [6.07, 6.45) is 3.26. The first kappa shape index (κ1) is 19.1. The van der Waals surface area contributed by atoms with Gasteiger partial charge >= 0.3 is 0 Å². The second-order valence-electron chi connectivity index (χ2n) is 7.18.